The number of carbonyl (C=O) groups excluding carboxylic acids is 3. The Balaban J connectivity index is 3.28. The molecular formula is C14H17NO5. The third kappa shape index (κ3) is 3.57. The van der Waals surface area contributed by atoms with Crippen molar-refractivity contribution < 1.29 is 23.9 Å². The topological polar surface area (TPSA) is 81.7 Å². The van der Waals surface area contributed by atoms with Gasteiger partial charge in [-0.2, -0.15) is 0 Å². The summed E-state index contributed by atoms with van der Waals surface area (Å²) in [5.74, 6) is -1.75. The average molecular weight is 279 g/mol. The molecule has 0 aliphatic rings. The predicted octanol–water partition coefficient (Wildman–Crippen LogP) is 0.754. The Morgan fingerprint density at radius 2 is 1.75 bits per heavy atom. The number of esters is 2. The molecule has 0 heterocycles. The summed E-state index contributed by atoms with van der Waals surface area (Å²) >= 11 is 0. The zero-order valence-corrected chi connectivity index (χ0v) is 11.6. The molecule has 0 saturated heterocycles. The quantitative estimate of drug-likeness (QED) is 0.804. The maximum Gasteiger partial charge on any atom is 0.357 e. The lowest BCUT2D eigenvalue weighted by molar-refractivity contribution is -0.181. The largest absolute Gasteiger partial charge is 0.466 e. The Morgan fingerprint density at radius 1 is 1.15 bits per heavy atom. The second kappa shape index (κ2) is 6.70. The van der Waals surface area contributed by atoms with Crippen LogP contribution in [-0.4, -0.2) is 31.5 Å². The average Bonchev–Trinajstić information content (AvgIpc) is 2.43. The zero-order valence-electron chi connectivity index (χ0n) is 11.6. The van der Waals surface area contributed by atoms with Crippen molar-refractivity contribution >= 4 is 17.8 Å². The van der Waals surface area contributed by atoms with Gasteiger partial charge in [0, 0.05) is 19.4 Å². The van der Waals surface area contributed by atoms with Crippen molar-refractivity contribution in [1.82, 2.24) is 5.32 Å². The van der Waals surface area contributed by atoms with Crippen LogP contribution in [0.15, 0.2) is 30.3 Å². The monoisotopic (exact) mass is 279 g/mol. The molecule has 0 bridgehead atoms. The first kappa shape index (κ1) is 15.7. The first-order valence-electron chi connectivity index (χ1n) is 6.00. The van der Waals surface area contributed by atoms with E-state index in [0.717, 1.165) is 0 Å². The van der Waals surface area contributed by atoms with Gasteiger partial charge in [0.25, 0.3) is 5.60 Å². The summed E-state index contributed by atoms with van der Waals surface area (Å²) in [5, 5.41) is 2.49. The van der Waals surface area contributed by atoms with Crippen LogP contribution in [-0.2, 0) is 29.5 Å². The van der Waals surface area contributed by atoms with Crippen molar-refractivity contribution in [2.45, 2.75) is 19.4 Å². The lowest BCUT2D eigenvalue weighted by Gasteiger charge is -2.30. The van der Waals surface area contributed by atoms with E-state index in [4.69, 9.17) is 9.47 Å². The van der Waals surface area contributed by atoms with Crippen LogP contribution in [0.3, 0.4) is 0 Å². The van der Waals surface area contributed by atoms with E-state index in [9.17, 15) is 14.4 Å². The molecule has 20 heavy (non-hydrogen) atoms. The number of carbonyl (C=O) groups is 3. The van der Waals surface area contributed by atoms with E-state index in [1.807, 2.05) is 0 Å². The van der Waals surface area contributed by atoms with Gasteiger partial charge in [0.15, 0.2) is 0 Å². The van der Waals surface area contributed by atoms with E-state index in [1.165, 1.54) is 21.0 Å². The third-order valence-corrected chi connectivity index (χ3v) is 2.66. The number of amides is 1. The fraction of sp³-hybridized carbons (Fsp3) is 0.357. The Bertz CT molecular complexity index is 500. The molecule has 6 nitrogen and oxygen atoms in total. The lowest BCUT2D eigenvalue weighted by atomic mass is 9.93. The van der Waals surface area contributed by atoms with Crippen LogP contribution in [0.5, 0.6) is 0 Å². The van der Waals surface area contributed by atoms with Crippen molar-refractivity contribution in [3.8, 4) is 0 Å². The normalized spacial score (nSPS) is 12.9. The fourth-order valence-corrected chi connectivity index (χ4v) is 1.80. The number of hydrogen-bond donors (Lipinski definition) is 1. The summed E-state index contributed by atoms with van der Waals surface area (Å²) in [4.78, 5) is 34.6. The van der Waals surface area contributed by atoms with Gasteiger partial charge in [-0.1, -0.05) is 30.3 Å². The molecule has 0 spiro atoms. The van der Waals surface area contributed by atoms with Crippen molar-refractivity contribution in [2.75, 3.05) is 13.7 Å². The zero-order chi connectivity index (χ0) is 15.2. The molecule has 1 atom stereocenters. The van der Waals surface area contributed by atoms with Gasteiger partial charge in [0.1, 0.15) is 0 Å². The number of benzene rings is 1. The molecule has 0 radical (unpaired) electrons. The molecule has 0 unspecified atom stereocenters. The Labute approximate surface area is 117 Å². The number of methoxy groups -OCH3 is 1. The van der Waals surface area contributed by atoms with Crippen molar-refractivity contribution in [3.63, 3.8) is 0 Å². The lowest BCUT2D eigenvalue weighted by Crippen LogP contribution is -2.49. The van der Waals surface area contributed by atoms with Gasteiger partial charge >= 0.3 is 11.9 Å². The highest BCUT2D eigenvalue weighted by Gasteiger charge is 2.45. The van der Waals surface area contributed by atoms with Gasteiger partial charge in [0.2, 0.25) is 5.91 Å². The van der Waals surface area contributed by atoms with Gasteiger partial charge in [-0.25, -0.2) is 4.79 Å². The summed E-state index contributed by atoms with van der Waals surface area (Å²) in [6, 6.07) is 8.41. The first-order chi connectivity index (χ1) is 9.42. The molecule has 0 saturated carbocycles. The molecule has 1 aromatic rings. The van der Waals surface area contributed by atoms with Crippen LogP contribution in [0.1, 0.15) is 19.4 Å². The van der Waals surface area contributed by atoms with E-state index >= 15 is 0 Å². The number of nitrogens with one attached hydrogen (secondary N) is 1. The molecule has 0 fully saturated rings. The van der Waals surface area contributed by atoms with E-state index in [-0.39, 0.29) is 12.5 Å². The van der Waals surface area contributed by atoms with E-state index in [2.05, 4.69) is 5.32 Å². The van der Waals surface area contributed by atoms with E-state index in [0.29, 0.717) is 5.56 Å². The highest BCUT2D eigenvalue weighted by molar-refractivity contribution is 5.85. The van der Waals surface area contributed by atoms with Gasteiger partial charge in [-0.15, -0.1) is 0 Å². The standard InChI is InChI=1S/C14H17NO5/c1-10(16)15-9-14(13(18)19-3,20-11(2)17)12-7-5-4-6-8-12/h4-8H,9H2,1-3H3,(H,15,16)/t14-/m0/s1. The molecule has 1 aromatic carbocycles. The summed E-state index contributed by atoms with van der Waals surface area (Å²) in [5.41, 5.74) is -1.26. The molecule has 108 valence electrons. The molecular weight excluding hydrogens is 262 g/mol. The van der Waals surface area contributed by atoms with Crippen LogP contribution >= 0.6 is 0 Å². The predicted molar refractivity (Wildman–Crippen MR) is 70.6 cm³/mol. The van der Waals surface area contributed by atoms with Crippen LogP contribution in [0, 0.1) is 0 Å². The molecule has 0 aromatic heterocycles. The fourth-order valence-electron chi connectivity index (χ4n) is 1.80. The van der Waals surface area contributed by atoms with Crippen LogP contribution in [0.4, 0.5) is 0 Å². The smallest absolute Gasteiger partial charge is 0.357 e. The van der Waals surface area contributed by atoms with Crippen molar-refractivity contribution in [2.24, 2.45) is 0 Å². The molecule has 1 amide bonds. The summed E-state index contributed by atoms with van der Waals surface area (Å²) in [6.07, 6.45) is 0. The number of rotatable bonds is 5. The second-order valence-electron chi connectivity index (χ2n) is 4.19. The Hall–Kier alpha value is -2.37. The minimum atomic E-state index is -1.69. The van der Waals surface area contributed by atoms with E-state index in [1.54, 1.807) is 30.3 Å². The molecule has 1 rings (SSSR count). The number of ether oxygens (including phenoxy) is 2. The summed E-state index contributed by atoms with van der Waals surface area (Å²) in [6.45, 7) is 2.30. The SMILES string of the molecule is COC(=O)[C@@](CNC(C)=O)(OC(C)=O)c1ccccc1. The van der Waals surface area contributed by atoms with Gasteiger partial charge < -0.3 is 14.8 Å². The third-order valence-electron chi connectivity index (χ3n) is 2.66. The molecule has 0 aliphatic heterocycles. The first-order valence-corrected chi connectivity index (χ1v) is 6.00. The summed E-state index contributed by atoms with van der Waals surface area (Å²) < 4.78 is 9.93. The molecule has 6 heteroatoms. The highest BCUT2D eigenvalue weighted by atomic mass is 16.6. The van der Waals surface area contributed by atoms with Crippen molar-refractivity contribution in [1.29, 1.82) is 0 Å². The minimum absolute atomic E-state index is 0.196. The Kier molecular flexibility index (Phi) is 5.25. The van der Waals surface area contributed by atoms with Gasteiger partial charge in [0.05, 0.1) is 13.7 Å². The van der Waals surface area contributed by atoms with Crippen LogP contribution in [0.25, 0.3) is 0 Å². The van der Waals surface area contributed by atoms with Crippen LogP contribution < -0.4 is 5.32 Å². The minimum Gasteiger partial charge on any atom is -0.466 e. The summed E-state index contributed by atoms with van der Waals surface area (Å²) in [7, 11) is 1.19. The van der Waals surface area contributed by atoms with Gasteiger partial charge in [-0.05, 0) is 0 Å². The maximum atomic E-state index is 12.1. The second-order valence-corrected chi connectivity index (χ2v) is 4.19. The highest BCUT2D eigenvalue weighted by Crippen LogP contribution is 2.27. The number of hydrogen-bond acceptors (Lipinski definition) is 5. The molecule has 0 aliphatic carbocycles. The van der Waals surface area contributed by atoms with E-state index < -0.39 is 17.5 Å². The Morgan fingerprint density at radius 3 is 2.20 bits per heavy atom. The van der Waals surface area contributed by atoms with Crippen LogP contribution in [0.2, 0.25) is 0 Å². The molecule has 1 N–H and O–H groups in total. The van der Waals surface area contributed by atoms with Gasteiger partial charge in [-0.3, -0.25) is 9.59 Å². The maximum absolute atomic E-state index is 12.1. The van der Waals surface area contributed by atoms with Crippen molar-refractivity contribution in [3.05, 3.63) is 35.9 Å².